The summed E-state index contributed by atoms with van der Waals surface area (Å²) in [4.78, 5) is 12.0. The van der Waals surface area contributed by atoms with Gasteiger partial charge in [0.15, 0.2) is 5.82 Å². The number of nitrogens with one attached hydrogen (secondary N) is 1. The van der Waals surface area contributed by atoms with Gasteiger partial charge in [-0.3, -0.25) is 4.79 Å². The third-order valence-corrected chi connectivity index (χ3v) is 5.00. The van der Waals surface area contributed by atoms with Crippen LogP contribution in [0.4, 0.5) is 5.69 Å². The van der Waals surface area contributed by atoms with Gasteiger partial charge in [-0.2, -0.15) is 0 Å². The van der Waals surface area contributed by atoms with Crippen LogP contribution in [0.1, 0.15) is 0 Å². The quantitative estimate of drug-likeness (QED) is 0.728. The highest BCUT2D eigenvalue weighted by molar-refractivity contribution is 8.01. The third kappa shape index (κ3) is 3.52. The molecule has 0 saturated heterocycles. The molecule has 0 saturated carbocycles. The van der Waals surface area contributed by atoms with Crippen LogP contribution >= 0.6 is 23.1 Å². The molecule has 0 radical (unpaired) electrons. The van der Waals surface area contributed by atoms with Crippen molar-refractivity contribution in [3.05, 3.63) is 41.8 Å². The number of benzene rings is 1. The van der Waals surface area contributed by atoms with Crippen molar-refractivity contribution in [3.8, 4) is 11.4 Å². The van der Waals surface area contributed by atoms with E-state index in [2.05, 4.69) is 20.8 Å². The number of hydrogen-bond acceptors (Lipinski definition) is 6. The maximum Gasteiger partial charge on any atom is 0.234 e. The first-order valence-corrected chi connectivity index (χ1v) is 8.38. The Morgan fingerprint density at radius 1 is 1.36 bits per heavy atom. The van der Waals surface area contributed by atoms with Crippen molar-refractivity contribution in [2.75, 3.05) is 11.1 Å². The summed E-state index contributed by atoms with van der Waals surface area (Å²) in [6.45, 7) is 0. The second kappa shape index (κ2) is 6.71. The van der Waals surface area contributed by atoms with Gasteiger partial charge in [0.1, 0.15) is 0 Å². The van der Waals surface area contributed by atoms with Gasteiger partial charge in [-0.1, -0.05) is 18.2 Å². The molecule has 3 aromatic rings. The van der Waals surface area contributed by atoms with E-state index < -0.39 is 0 Å². The molecule has 112 valence electrons. The number of hydrogen-bond donors (Lipinski definition) is 1. The lowest BCUT2D eigenvalue weighted by atomic mass is 10.2. The molecule has 1 N–H and O–H groups in total. The van der Waals surface area contributed by atoms with Crippen LogP contribution < -0.4 is 5.32 Å². The molecule has 22 heavy (non-hydrogen) atoms. The average Bonchev–Trinajstić information content (AvgIpc) is 3.16. The third-order valence-electron chi connectivity index (χ3n) is 2.87. The van der Waals surface area contributed by atoms with Crippen molar-refractivity contribution >= 4 is 34.7 Å². The van der Waals surface area contributed by atoms with E-state index in [1.165, 1.54) is 11.8 Å². The zero-order valence-electron chi connectivity index (χ0n) is 11.8. The Balaban J connectivity index is 1.65. The topological polar surface area (TPSA) is 72.7 Å². The molecule has 0 bridgehead atoms. The van der Waals surface area contributed by atoms with Crippen molar-refractivity contribution in [3.63, 3.8) is 0 Å². The second-order valence-electron chi connectivity index (χ2n) is 4.48. The summed E-state index contributed by atoms with van der Waals surface area (Å²) in [5.41, 5.74) is 1.59. The summed E-state index contributed by atoms with van der Waals surface area (Å²) in [5, 5.41) is 16.3. The Bertz CT molecular complexity index is 769. The molecular weight excluding hydrogens is 318 g/mol. The van der Waals surface area contributed by atoms with Crippen molar-refractivity contribution in [2.45, 2.75) is 4.21 Å². The molecule has 8 heteroatoms. The maximum atomic E-state index is 12.0. The van der Waals surface area contributed by atoms with Crippen LogP contribution in [0.3, 0.4) is 0 Å². The van der Waals surface area contributed by atoms with Gasteiger partial charge in [-0.05, 0) is 34.0 Å². The normalized spacial score (nSPS) is 10.6. The predicted molar refractivity (Wildman–Crippen MR) is 87.9 cm³/mol. The molecule has 2 aromatic heterocycles. The lowest BCUT2D eigenvalue weighted by molar-refractivity contribution is -0.113. The molecule has 0 unspecified atom stereocenters. The summed E-state index contributed by atoms with van der Waals surface area (Å²) in [7, 11) is 1.78. The van der Waals surface area contributed by atoms with E-state index >= 15 is 0 Å². The summed E-state index contributed by atoms with van der Waals surface area (Å²) in [6.07, 6.45) is 0. The highest BCUT2D eigenvalue weighted by atomic mass is 32.2. The standard InChI is InChI=1S/C14H13N5OS2/c1-19-14(16-17-18-19)10-4-2-5-11(8-10)15-12(20)9-22-13-6-3-7-21-13/h2-8H,9H2,1H3,(H,15,20). The van der Waals surface area contributed by atoms with Crippen LogP contribution in [-0.4, -0.2) is 31.9 Å². The number of carbonyl (C=O) groups excluding carboxylic acids is 1. The number of rotatable bonds is 5. The van der Waals surface area contributed by atoms with Gasteiger partial charge >= 0.3 is 0 Å². The molecule has 1 aromatic carbocycles. The predicted octanol–water partition coefficient (Wildman–Crippen LogP) is 2.67. The zero-order valence-corrected chi connectivity index (χ0v) is 13.4. The smallest absolute Gasteiger partial charge is 0.234 e. The minimum Gasteiger partial charge on any atom is -0.325 e. The van der Waals surface area contributed by atoms with Gasteiger partial charge in [0.2, 0.25) is 5.91 Å². The summed E-state index contributed by atoms with van der Waals surface area (Å²) >= 11 is 3.16. The van der Waals surface area contributed by atoms with Crippen molar-refractivity contribution in [1.29, 1.82) is 0 Å². The molecule has 0 atom stereocenters. The van der Waals surface area contributed by atoms with Crippen LogP contribution in [0.25, 0.3) is 11.4 Å². The Morgan fingerprint density at radius 2 is 2.27 bits per heavy atom. The van der Waals surface area contributed by atoms with E-state index in [-0.39, 0.29) is 5.91 Å². The average molecular weight is 331 g/mol. The Morgan fingerprint density at radius 3 is 3.00 bits per heavy atom. The van der Waals surface area contributed by atoms with Gasteiger partial charge in [0, 0.05) is 18.3 Å². The molecule has 0 fully saturated rings. The SMILES string of the molecule is Cn1nnnc1-c1cccc(NC(=O)CSc2cccs2)c1. The maximum absolute atomic E-state index is 12.0. The molecule has 0 aliphatic heterocycles. The number of aryl methyl sites for hydroxylation is 1. The van der Waals surface area contributed by atoms with E-state index in [4.69, 9.17) is 0 Å². The van der Waals surface area contributed by atoms with E-state index in [1.807, 2.05) is 41.8 Å². The number of aromatic nitrogens is 4. The molecule has 2 heterocycles. The highest BCUT2D eigenvalue weighted by Crippen LogP contribution is 2.24. The van der Waals surface area contributed by atoms with Crippen LogP contribution in [0.2, 0.25) is 0 Å². The molecule has 6 nitrogen and oxygen atoms in total. The highest BCUT2D eigenvalue weighted by Gasteiger charge is 2.08. The first-order chi connectivity index (χ1) is 10.7. The largest absolute Gasteiger partial charge is 0.325 e. The summed E-state index contributed by atoms with van der Waals surface area (Å²) < 4.78 is 2.72. The van der Waals surface area contributed by atoms with E-state index in [0.717, 1.165) is 15.5 Å². The van der Waals surface area contributed by atoms with E-state index in [9.17, 15) is 4.79 Å². The monoisotopic (exact) mass is 331 g/mol. The Kier molecular flexibility index (Phi) is 4.50. The van der Waals surface area contributed by atoms with Crippen molar-refractivity contribution < 1.29 is 4.79 Å². The molecule has 0 aliphatic rings. The Labute approximate surface area is 135 Å². The number of tetrazole rings is 1. The molecule has 0 spiro atoms. The van der Waals surface area contributed by atoms with Gasteiger partial charge in [-0.25, -0.2) is 4.68 Å². The van der Waals surface area contributed by atoms with Crippen LogP contribution in [0.5, 0.6) is 0 Å². The van der Waals surface area contributed by atoms with E-state index in [0.29, 0.717) is 11.6 Å². The van der Waals surface area contributed by atoms with Gasteiger partial charge in [0.25, 0.3) is 0 Å². The number of thiophene rings is 1. The zero-order chi connectivity index (χ0) is 15.4. The van der Waals surface area contributed by atoms with Crippen LogP contribution in [0, 0.1) is 0 Å². The van der Waals surface area contributed by atoms with Crippen molar-refractivity contribution in [1.82, 2.24) is 20.2 Å². The molecule has 1 amide bonds. The number of amides is 1. The number of carbonyl (C=O) groups is 1. The van der Waals surface area contributed by atoms with Crippen LogP contribution in [-0.2, 0) is 11.8 Å². The number of nitrogens with zero attached hydrogens (tertiary/aromatic N) is 4. The fourth-order valence-corrected chi connectivity index (χ4v) is 3.47. The van der Waals surface area contributed by atoms with Crippen molar-refractivity contribution in [2.24, 2.45) is 7.05 Å². The molecular formula is C14H13N5OS2. The number of anilines is 1. The first kappa shape index (κ1) is 14.7. The molecule has 3 rings (SSSR count). The fourth-order valence-electron chi connectivity index (χ4n) is 1.89. The minimum atomic E-state index is -0.0355. The van der Waals surface area contributed by atoms with Crippen LogP contribution in [0.15, 0.2) is 46.0 Å². The second-order valence-corrected chi connectivity index (χ2v) is 6.70. The first-order valence-electron chi connectivity index (χ1n) is 6.51. The Hall–Kier alpha value is -2.19. The molecule has 0 aliphatic carbocycles. The fraction of sp³-hybridized carbons (Fsp3) is 0.143. The lowest BCUT2D eigenvalue weighted by Gasteiger charge is -2.06. The summed E-state index contributed by atoms with van der Waals surface area (Å²) in [5.74, 6) is 1.01. The number of thioether (sulfide) groups is 1. The lowest BCUT2D eigenvalue weighted by Crippen LogP contribution is -2.13. The van der Waals surface area contributed by atoms with E-state index in [1.54, 1.807) is 23.1 Å². The van der Waals surface area contributed by atoms with Gasteiger partial charge in [0.05, 0.1) is 9.96 Å². The van der Waals surface area contributed by atoms with Gasteiger partial charge < -0.3 is 5.32 Å². The minimum absolute atomic E-state index is 0.0355. The summed E-state index contributed by atoms with van der Waals surface area (Å²) in [6, 6.07) is 11.5. The van der Waals surface area contributed by atoms with Gasteiger partial charge in [-0.15, -0.1) is 28.2 Å².